The summed E-state index contributed by atoms with van der Waals surface area (Å²) < 4.78 is 53.4. The first kappa shape index (κ1) is 50.7. The molecular weight excluding hydrogens is 909 g/mol. The van der Waals surface area contributed by atoms with E-state index in [1.165, 1.54) is 0 Å². The number of hydrogen-bond donors (Lipinski definition) is 4. The largest absolute Gasteiger partial charge is 0.392 e. The number of aromatic nitrogens is 8. The zero-order valence-corrected chi connectivity index (χ0v) is 42.3. The molecule has 0 radical (unpaired) electrons. The number of aliphatic hydroxyl groups is 4. The highest BCUT2D eigenvalue weighted by Gasteiger charge is 2.37. The summed E-state index contributed by atoms with van der Waals surface area (Å²) in [6.45, 7) is 18.0. The lowest BCUT2D eigenvalue weighted by molar-refractivity contribution is 0.164. The van der Waals surface area contributed by atoms with Crippen LogP contribution in [-0.2, 0) is 46.0 Å². The highest BCUT2D eigenvalue weighted by molar-refractivity contribution is 7.91. The minimum atomic E-state index is -3.50. The maximum atomic E-state index is 12.3. The quantitative estimate of drug-likeness (QED) is 0.0955. The van der Waals surface area contributed by atoms with Gasteiger partial charge in [0.1, 0.15) is 11.6 Å². The van der Waals surface area contributed by atoms with Gasteiger partial charge in [-0.1, -0.05) is 54.4 Å². The summed E-state index contributed by atoms with van der Waals surface area (Å²) in [6.07, 6.45) is 7.68. The first-order chi connectivity index (χ1) is 32.1. The molecule has 368 valence electrons. The predicted octanol–water partition coefficient (Wildman–Crippen LogP) is 6.16. The van der Waals surface area contributed by atoms with E-state index in [0.29, 0.717) is 73.1 Å². The smallest absolute Gasteiger partial charge is 0.226 e. The molecule has 4 N–H and O–H groups in total. The summed E-state index contributed by atoms with van der Waals surface area (Å²) in [5, 5.41) is 40.3. The van der Waals surface area contributed by atoms with E-state index in [1.807, 2.05) is 27.7 Å². The lowest BCUT2D eigenvalue weighted by atomic mass is 10.00. The monoisotopic (exact) mass is 974 g/mol. The topological polar surface area (TPSA) is 243 Å². The van der Waals surface area contributed by atoms with Crippen molar-refractivity contribution in [3.63, 3.8) is 0 Å². The molecule has 6 aromatic rings. The third-order valence-electron chi connectivity index (χ3n) is 13.0. The molecule has 0 aliphatic carbocycles. The van der Waals surface area contributed by atoms with Gasteiger partial charge in [-0.25, -0.2) is 46.7 Å². The third kappa shape index (κ3) is 9.85. The molecule has 0 spiro atoms. The summed E-state index contributed by atoms with van der Waals surface area (Å²) in [6, 6.07) is 6.36. The molecule has 2 aliphatic heterocycles. The molecule has 20 heteroatoms. The summed E-state index contributed by atoms with van der Waals surface area (Å²) in [4.78, 5) is 33.0. The van der Waals surface area contributed by atoms with Crippen LogP contribution in [0.25, 0.3) is 22.1 Å². The van der Waals surface area contributed by atoms with Crippen molar-refractivity contribution in [1.29, 1.82) is 0 Å². The normalized spacial score (nSPS) is 17.4. The van der Waals surface area contributed by atoms with Gasteiger partial charge in [-0.15, -0.1) is 0 Å². The molecule has 0 saturated heterocycles. The molecule has 6 heterocycles. The van der Waals surface area contributed by atoms with Gasteiger partial charge in [0, 0.05) is 73.6 Å². The second-order valence-corrected chi connectivity index (χ2v) is 22.8. The first-order valence-electron chi connectivity index (χ1n) is 23.4. The van der Waals surface area contributed by atoms with Crippen LogP contribution in [0.1, 0.15) is 137 Å². The third-order valence-corrected chi connectivity index (χ3v) is 15.4. The Kier molecular flexibility index (Phi) is 15.0. The van der Waals surface area contributed by atoms with Crippen LogP contribution in [0.4, 0.5) is 11.9 Å². The second kappa shape index (κ2) is 20.1. The standard InChI is InChI=1S/2C24H33N5O4S/c2*1-6-7-20(31)17-12-25-24(26-15(17)4)29-9-8-28-19-11-21(34(5,32)33)16(13-30)10-18(19)27-23(28)22(29)14(2)3/h2*10-12,14,20,22,30-31H,6-9,13H2,1-5H3/t20-,22+;20-,22-/m01/s1. The van der Waals surface area contributed by atoms with Gasteiger partial charge >= 0.3 is 0 Å². The fraction of sp³-hybridized carbons (Fsp3) is 0.542. The summed E-state index contributed by atoms with van der Waals surface area (Å²) in [5.41, 5.74) is 6.54. The van der Waals surface area contributed by atoms with E-state index in [0.717, 1.165) is 70.6 Å². The van der Waals surface area contributed by atoms with Crippen LogP contribution in [0, 0.1) is 25.7 Å². The van der Waals surface area contributed by atoms with Crippen molar-refractivity contribution >= 4 is 53.6 Å². The van der Waals surface area contributed by atoms with Crippen molar-refractivity contribution in [3.8, 4) is 0 Å². The second-order valence-electron chi connectivity index (χ2n) is 18.8. The molecule has 4 atom stereocenters. The Morgan fingerprint density at radius 3 is 1.26 bits per heavy atom. The number of hydrogen-bond acceptors (Lipinski definition) is 16. The first-order valence-corrected chi connectivity index (χ1v) is 27.2. The number of sulfone groups is 2. The van der Waals surface area contributed by atoms with Crippen molar-refractivity contribution in [2.45, 2.75) is 141 Å². The molecule has 2 aromatic carbocycles. The van der Waals surface area contributed by atoms with Crippen LogP contribution in [0.2, 0.25) is 0 Å². The van der Waals surface area contributed by atoms with Crippen LogP contribution in [0.3, 0.4) is 0 Å². The Morgan fingerprint density at radius 1 is 0.603 bits per heavy atom. The van der Waals surface area contributed by atoms with Crippen molar-refractivity contribution < 1.29 is 37.3 Å². The number of fused-ring (bicyclic) bond motifs is 6. The molecule has 2 aliphatic rings. The fourth-order valence-corrected chi connectivity index (χ4v) is 11.6. The minimum absolute atomic E-state index is 0.119. The van der Waals surface area contributed by atoms with Crippen molar-refractivity contribution in [2.75, 3.05) is 35.4 Å². The van der Waals surface area contributed by atoms with Gasteiger partial charge < -0.3 is 39.4 Å². The zero-order chi connectivity index (χ0) is 49.6. The molecule has 0 amide bonds. The van der Waals surface area contributed by atoms with Gasteiger partial charge in [-0.05, 0) is 73.9 Å². The molecule has 4 aromatic heterocycles. The van der Waals surface area contributed by atoms with Gasteiger partial charge in [-0.2, -0.15) is 0 Å². The Morgan fingerprint density at radius 2 is 0.971 bits per heavy atom. The zero-order valence-electron chi connectivity index (χ0n) is 40.7. The van der Waals surface area contributed by atoms with Crippen LogP contribution >= 0.6 is 0 Å². The highest BCUT2D eigenvalue weighted by Crippen LogP contribution is 2.40. The van der Waals surface area contributed by atoms with Crippen LogP contribution in [0.15, 0.2) is 46.5 Å². The van der Waals surface area contributed by atoms with E-state index in [9.17, 15) is 37.3 Å². The van der Waals surface area contributed by atoms with Crippen LogP contribution < -0.4 is 9.80 Å². The maximum absolute atomic E-state index is 12.3. The van der Waals surface area contributed by atoms with E-state index in [2.05, 4.69) is 56.6 Å². The molecular formula is C48H66N10O8S2. The molecule has 68 heavy (non-hydrogen) atoms. The van der Waals surface area contributed by atoms with Crippen LogP contribution in [-0.4, -0.2) is 102 Å². The molecule has 0 bridgehead atoms. The van der Waals surface area contributed by atoms with Gasteiger partial charge in [0.25, 0.3) is 0 Å². The number of nitrogens with zero attached hydrogens (tertiary/aromatic N) is 10. The fourth-order valence-electron chi connectivity index (χ4n) is 9.74. The average molecular weight is 975 g/mol. The van der Waals surface area contributed by atoms with E-state index in [-0.39, 0.29) is 46.9 Å². The minimum Gasteiger partial charge on any atom is -0.392 e. The van der Waals surface area contributed by atoms with E-state index < -0.39 is 31.9 Å². The van der Waals surface area contributed by atoms with Gasteiger partial charge in [0.15, 0.2) is 19.7 Å². The van der Waals surface area contributed by atoms with Crippen molar-refractivity contribution in [1.82, 2.24) is 39.0 Å². The van der Waals surface area contributed by atoms with E-state index in [4.69, 9.17) is 19.9 Å². The Balaban J connectivity index is 0.000000201. The summed E-state index contributed by atoms with van der Waals surface area (Å²) in [7, 11) is -6.99. The Hall–Kier alpha value is -5.12. The van der Waals surface area contributed by atoms with Gasteiger partial charge in [0.2, 0.25) is 11.9 Å². The number of aryl methyl sites for hydroxylation is 2. The van der Waals surface area contributed by atoms with Crippen molar-refractivity contribution in [2.24, 2.45) is 11.8 Å². The molecule has 0 unspecified atom stereocenters. The Bertz CT molecular complexity index is 2840. The number of benzene rings is 2. The van der Waals surface area contributed by atoms with Crippen molar-refractivity contribution in [3.05, 3.63) is 81.9 Å². The molecule has 0 saturated carbocycles. The van der Waals surface area contributed by atoms with Gasteiger partial charge in [0.05, 0.1) is 69.4 Å². The molecule has 0 fully saturated rings. The lowest BCUT2D eigenvalue weighted by Crippen LogP contribution is -2.42. The lowest BCUT2D eigenvalue weighted by Gasteiger charge is -2.38. The molecule has 18 nitrogen and oxygen atoms in total. The SMILES string of the molecule is CCC[C@@H](O)c1cnc(N2CCn3c(nc4cc(CO)c(S(C)(=O)=O)cc43)[C@H]2C(C)C)nc1C.CCC[C@H](O)c1cnc(N2CCn3c(nc4cc(CO)c(S(C)(=O)=O)cc43)[C@H]2C(C)C)nc1C. The van der Waals surface area contributed by atoms with Gasteiger partial charge in [-0.3, -0.25) is 0 Å². The average Bonchev–Trinajstić information content (AvgIpc) is 3.84. The molecule has 8 rings (SSSR count). The number of rotatable bonds is 14. The maximum Gasteiger partial charge on any atom is 0.226 e. The summed E-state index contributed by atoms with van der Waals surface area (Å²) >= 11 is 0. The van der Waals surface area contributed by atoms with E-state index >= 15 is 0 Å². The number of imidazole rings is 2. The number of anilines is 2. The predicted molar refractivity (Wildman–Crippen MR) is 261 cm³/mol. The number of aliphatic hydroxyl groups excluding tert-OH is 4. The highest BCUT2D eigenvalue weighted by atomic mass is 32.2. The summed E-state index contributed by atoms with van der Waals surface area (Å²) in [5.74, 6) is 3.18. The van der Waals surface area contributed by atoms with Crippen LogP contribution in [0.5, 0.6) is 0 Å². The van der Waals surface area contributed by atoms with E-state index in [1.54, 1.807) is 36.7 Å². The Labute approximate surface area is 399 Å².